The molecule has 0 radical (unpaired) electrons. The molecule has 0 spiro atoms. The van der Waals surface area contributed by atoms with E-state index in [1.165, 1.54) is 0 Å². The Hall–Kier alpha value is -2.38. The molecule has 1 fully saturated rings. The van der Waals surface area contributed by atoms with E-state index in [9.17, 15) is 0 Å². The number of hydrogen-bond donors (Lipinski definition) is 2. The average Bonchev–Trinajstić information content (AvgIpc) is 2.68. The number of benzene rings is 1. The zero-order chi connectivity index (χ0) is 18.4. The summed E-state index contributed by atoms with van der Waals surface area (Å²) in [4.78, 5) is 9.20. The van der Waals surface area contributed by atoms with Gasteiger partial charge < -0.3 is 25.2 Å². The van der Waals surface area contributed by atoms with Crippen LogP contribution in [0.4, 0.5) is 11.5 Å². The van der Waals surface area contributed by atoms with Crippen LogP contribution in [0.25, 0.3) is 0 Å². The highest BCUT2D eigenvalue weighted by atomic mass is 32.1. The quantitative estimate of drug-likeness (QED) is 0.783. The van der Waals surface area contributed by atoms with Crippen LogP contribution in [0, 0.1) is 0 Å². The third-order valence-electron chi connectivity index (χ3n) is 4.45. The number of pyridine rings is 1. The van der Waals surface area contributed by atoms with Gasteiger partial charge in [0.2, 0.25) is 0 Å². The number of aromatic nitrogens is 1. The summed E-state index contributed by atoms with van der Waals surface area (Å²) in [5.41, 5.74) is 2.02. The number of piperazine rings is 1. The van der Waals surface area contributed by atoms with Crippen molar-refractivity contribution < 1.29 is 4.74 Å². The highest BCUT2D eigenvalue weighted by Gasteiger charge is 2.14. The van der Waals surface area contributed by atoms with E-state index in [0.717, 1.165) is 49.0 Å². The van der Waals surface area contributed by atoms with E-state index < -0.39 is 0 Å². The van der Waals surface area contributed by atoms with Gasteiger partial charge in [0.25, 0.3) is 0 Å². The summed E-state index contributed by atoms with van der Waals surface area (Å²) in [6.45, 7) is 4.82. The fraction of sp³-hybridized carbons (Fsp3) is 0.368. The van der Waals surface area contributed by atoms with Crippen LogP contribution >= 0.6 is 12.2 Å². The number of methoxy groups -OCH3 is 1. The minimum Gasteiger partial charge on any atom is -0.497 e. The molecule has 6 nitrogen and oxygen atoms in total. The molecule has 138 valence electrons. The van der Waals surface area contributed by atoms with E-state index >= 15 is 0 Å². The molecule has 1 aromatic heterocycles. The first kappa shape index (κ1) is 18.4. The molecule has 2 aromatic rings. The number of thiocarbonyl (C=S) groups is 1. The van der Waals surface area contributed by atoms with Crippen LogP contribution < -0.4 is 20.3 Å². The number of hydrogen-bond acceptors (Lipinski definition) is 5. The van der Waals surface area contributed by atoms with Gasteiger partial charge >= 0.3 is 0 Å². The van der Waals surface area contributed by atoms with Crippen molar-refractivity contribution in [3.05, 3.63) is 48.2 Å². The fourth-order valence-electron chi connectivity index (χ4n) is 2.78. The lowest BCUT2D eigenvalue weighted by Gasteiger charge is -2.33. The van der Waals surface area contributed by atoms with Crippen LogP contribution in [0.3, 0.4) is 0 Å². The molecule has 7 heteroatoms. The van der Waals surface area contributed by atoms with Crippen LogP contribution in [0.15, 0.2) is 42.6 Å². The monoisotopic (exact) mass is 371 g/mol. The number of likely N-dealkylation sites (N-methyl/N-ethyl adjacent to an activating group) is 1. The molecule has 2 heterocycles. The molecule has 1 saturated heterocycles. The van der Waals surface area contributed by atoms with Crippen LogP contribution in [0.5, 0.6) is 5.75 Å². The van der Waals surface area contributed by atoms with Crippen molar-refractivity contribution in [1.82, 2.24) is 15.2 Å². The Bertz CT molecular complexity index is 712. The summed E-state index contributed by atoms with van der Waals surface area (Å²) in [6.07, 6.45) is 1.83. The molecule has 3 rings (SSSR count). The molecule has 0 bridgehead atoms. The van der Waals surface area contributed by atoms with Crippen LogP contribution in [-0.4, -0.2) is 55.3 Å². The number of anilines is 2. The number of nitrogens with zero attached hydrogens (tertiary/aromatic N) is 3. The first-order valence-electron chi connectivity index (χ1n) is 8.71. The molecular formula is C19H25N5OS. The molecule has 0 atom stereocenters. The Morgan fingerprint density at radius 1 is 1.12 bits per heavy atom. The van der Waals surface area contributed by atoms with Gasteiger partial charge in [-0.3, -0.25) is 0 Å². The highest BCUT2D eigenvalue weighted by molar-refractivity contribution is 7.80. The minimum absolute atomic E-state index is 0.579. The van der Waals surface area contributed by atoms with E-state index in [1.807, 2.05) is 42.6 Å². The van der Waals surface area contributed by atoms with Gasteiger partial charge in [0.05, 0.1) is 19.0 Å². The van der Waals surface area contributed by atoms with Gasteiger partial charge in [-0.15, -0.1) is 0 Å². The predicted octanol–water partition coefficient (Wildman–Crippen LogP) is 2.33. The predicted molar refractivity (Wildman–Crippen MR) is 110 cm³/mol. The molecule has 1 aliphatic rings. The summed E-state index contributed by atoms with van der Waals surface area (Å²) in [6, 6.07) is 12.0. The molecule has 1 aromatic carbocycles. The van der Waals surface area contributed by atoms with E-state index in [4.69, 9.17) is 17.0 Å². The van der Waals surface area contributed by atoms with Crippen molar-refractivity contribution in [2.75, 3.05) is 50.6 Å². The first-order chi connectivity index (χ1) is 12.6. The summed E-state index contributed by atoms with van der Waals surface area (Å²) in [5.74, 6) is 1.86. The maximum Gasteiger partial charge on any atom is 0.171 e. The second kappa shape index (κ2) is 8.82. The van der Waals surface area contributed by atoms with Gasteiger partial charge in [-0.25, -0.2) is 4.98 Å². The van der Waals surface area contributed by atoms with E-state index in [2.05, 4.69) is 32.5 Å². The first-order valence-corrected chi connectivity index (χ1v) is 9.12. The topological polar surface area (TPSA) is 52.7 Å². The second-order valence-electron chi connectivity index (χ2n) is 6.35. The Balaban J connectivity index is 1.47. The largest absolute Gasteiger partial charge is 0.497 e. The van der Waals surface area contributed by atoms with Gasteiger partial charge in [0.1, 0.15) is 11.6 Å². The van der Waals surface area contributed by atoms with Crippen molar-refractivity contribution in [3.8, 4) is 5.75 Å². The van der Waals surface area contributed by atoms with Crippen molar-refractivity contribution in [1.29, 1.82) is 0 Å². The lowest BCUT2D eigenvalue weighted by Crippen LogP contribution is -2.44. The molecule has 0 saturated carbocycles. The van der Waals surface area contributed by atoms with Crippen LogP contribution in [0.1, 0.15) is 5.56 Å². The highest BCUT2D eigenvalue weighted by Crippen LogP contribution is 2.16. The SMILES string of the molecule is COc1ccc(CNC(=S)Nc2ccc(N3CCN(C)CC3)nc2)cc1. The number of nitrogens with one attached hydrogen (secondary N) is 2. The summed E-state index contributed by atoms with van der Waals surface area (Å²) >= 11 is 5.36. The Labute approximate surface area is 160 Å². The standard InChI is InChI=1S/C19H25N5OS/c1-23-9-11-24(12-10-23)18-8-5-16(14-20-18)22-19(26)21-13-15-3-6-17(25-2)7-4-15/h3-8,14H,9-13H2,1-2H3,(H2,21,22,26). The van der Waals surface area contributed by atoms with Crippen molar-refractivity contribution >= 4 is 28.8 Å². The Morgan fingerprint density at radius 2 is 1.85 bits per heavy atom. The molecule has 26 heavy (non-hydrogen) atoms. The Morgan fingerprint density at radius 3 is 2.46 bits per heavy atom. The van der Waals surface area contributed by atoms with Crippen LogP contribution in [-0.2, 0) is 6.54 Å². The number of ether oxygens (including phenoxy) is 1. The molecule has 0 unspecified atom stereocenters. The van der Waals surface area contributed by atoms with Gasteiger partial charge in [0.15, 0.2) is 5.11 Å². The third kappa shape index (κ3) is 5.06. The minimum atomic E-state index is 0.579. The summed E-state index contributed by atoms with van der Waals surface area (Å²) in [7, 11) is 3.81. The third-order valence-corrected chi connectivity index (χ3v) is 4.69. The maximum absolute atomic E-state index is 5.36. The lowest BCUT2D eigenvalue weighted by molar-refractivity contribution is 0.312. The summed E-state index contributed by atoms with van der Waals surface area (Å²) < 4.78 is 5.16. The molecule has 0 aliphatic carbocycles. The van der Waals surface area contributed by atoms with Gasteiger partial charge in [-0.05, 0) is 49.1 Å². The van der Waals surface area contributed by atoms with E-state index in [0.29, 0.717) is 11.7 Å². The smallest absolute Gasteiger partial charge is 0.171 e. The fourth-order valence-corrected chi connectivity index (χ4v) is 2.97. The van der Waals surface area contributed by atoms with Crippen molar-refractivity contribution in [3.63, 3.8) is 0 Å². The van der Waals surface area contributed by atoms with Crippen molar-refractivity contribution in [2.45, 2.75) is 6.54 Å². The zero-order valence-corrected chi connectivity index (χ0v) is 16.1. The van der Waals surface area contributed by atoms with Crippen LogP contribution in [0.2, 0.25) is 0 Å². The van der Waals surface area contributed by atoms with Gasteiger partial charge in [-0.1, -0.05) is 12.1 Å². The molecular weight excluding hydrogens is 346 g/mol. The maximum atomic E-state index is 5.36. The normalized spacial score (nSPS) is 14.8. The summed E-state index contributed by atoms with van der Waals surface area (Å²) in [5, 5.41) is 6.96. The average molecular weight is 372 g/mol. The van der Waals surface area contributed by atoms with E-state index in [-0.39, 0.29) is 0 Å². The number of rotatable bonds is 5. The molecule has 0 amide bonds. The Kier molecular flexibility index (Phi) is 6.25. The van der Waals surface area contributed by atoms with Crippen molar-refractivity contribution in [2.24, 2.45) is 0 Å². The molecule has 1 aliphatic heterocycles. The zero-order valence-electron chi connectivity index (χ0n) is 15.2. The molecule has 2 N–H and O–H groups in total. The van der Waals surface area contributed by atoms with Gasteiger partial charge in [-0.2, -0.15) is 0 Å². The van der Waals surface area contributed by atoms with E-state index in [1.54, 1.807) is 7.11 Å². The second-order valence-corrected chi connectivity index (χ2v) is 6.76. The van der Waals surface area contributed by atoms with Gasteiger partial charge in [0, 0.05) is 32.7 Å². The lowest BCUT2D eigenvalue weighted by atomic mass is 10.2.